The van der Waals surface area contributed by atoms with Crippen molar-refractivity contribution in [3.63, 3.8) is 0 Å². The van der Waals surface area contributed by atoms with Crippen LogP contribution < -0.4 is 0 Å². The number of hydrogen-bond acceptors (Lipinski definition) is 1. The minimum atomic E-state index is 0.520. The van der Waals surface area contributed by atoms with Gasteiger partial charge in [0.05, 0.1) is 0 Å². The molecule has 0 heterocycles. The molecule has 0 spiro atoms. The van der Waals surface area contributed by atoms with Gasteiger partial charge in [0.25, 0.3) is 0 Å². The van der Waals surface area contributed by atoms with E-state index in [1.165, 1.54) is 128 Å². The van der Waals surface area contributed by atoms with Crippen molar-refractivity contribution in [3.8, 4) is 0 Å². The highest BCUT2D eigenvalue weighted by Gasteiger charge is 2.02. The first-order chi connectivity index (χ1) is 13.8. The summed E-state index contributed by atoms with van der Waals surface area (Å²) in [6.07, 6.45) is 31.6. The normalized spacial score (nSPS) is 11.2. The van der Waals surface area contributed by atoms with Crippen molar-refractivity contribution in [1.29, 1.82) is 0 Å². The highest BCUT2D eigenvalue weighted by Crippen LogP contribution is 2.14. The number of ketones is 1. The Morgan fingerprint density at radius 1 is 0.357 bits per heavy atom. The van der Waals surface area contributed by atoms with E-state index in [1.54, 1.807) is 0 Å². The summed E-state index contributed by atoms with van der Waals surface area (Å²) in [5.74, 6) is 0.520. The fourth-order valence-electron chi connectivity index (χ4n) is 4.10. The van der Waals surface area contributed by atoms with Crippen molar-refractivity contribution < 1.29 is 4.79 Å². The molecule has 0 aliphatic rings. The molecule has 0 aromatic heterocycles. The summed E-state index contributed by atoms with van der Waals surface area (Å²) in [6, 6.07) is 0. The second kappa shape index (κ2) is 24.7. The van der Waals surface area contributed by atoms with E-state index in [0.717, 1.165) is 25.7 Å². The minimum Gasteiger partial charge on any atom is -0.300 e. The average Bonchev–Trinajstić information content (AvgIpc) is 2.70. The lowest BCUT2D eigenvalue weighted by molar-refractivity contribution is -0.119. The molecular formula is C27H54O. The lowest BCUT2D eigenvalue weighted by Gasteiger charge is -2.04. The Labute approximate surface area is 178 Å². The van der Waals surface area contributed by atoms with E-state index < -0.39 is 0 Å². The quantitative estimate of drug-likeness (QED) is 0.149. The maximum atomic E-state index is 12.0. The van der Waals surface area contributed by atoms with Gasteiger partial charge in [-0.3, -0.25) is 4.79 Å². The zero-order valence-corrected chi connectivity index (χ0v) is 19.9. The highest BCUT2D eigenvalue weighted by atomic mass is 16.1. The monoisotopic (exact) mass is 394 g/mol. The van der Waals surface area contributed by atoms with Crippen LogP contribution >= 0.6 is 0 Å². The van der Waals surface area contributed by atoms with E-state index in [-0.39, 0.29) is 0 Å². The van der Waals surface area contributed by atoms with Gasteiger partial charge >= 0.3 is 0 Å². The van der Waals surface area contributed by atoms with Gasteiger partial charge in [-0.15, -0.1) is 0 Å². The zero-order chi connectivity index (χ0) is 20.5. The molecule has 1 heteroatoms. The van der Waals surface area contributed by atoms with E-state index >= 15 is 0 Å². The minimum absolute atomic E-state index is 0.520. The Kier molecular flexibility index (Phi) is 24.4. The smallest absolute Gasteiger partial charge is 0.132 e. The summed E-state index contributed by atoms with van der Waals surface area (Å²) in [5.41, 5.74) is 0. The number of carbonyl (C=O) groups excluding carboxylic acids is 1. The van der Waals surface area contributed by atoms with Crippen LogP contribution in [0.3, 0.4) is 0 Å². The summed E-state index contributed by atoms with van der Waals surface area (Å²) in [6.45, 7) is 4.56. The van der Waals surface area contributed by atoms with Crippen LogP contribution in [-0.4, -0.2) is 5.78 Å². The summed E-state index contributed by atoms with van der Waals surface area (Å²) < 4.78 is 0. The zero-order valence-electron chi connectivity index (χ0n) is 19.9. The molecule has 0 saturated heterocycles. The molecule has 0 rings (SSSR count). The highest BCUT2D eigenvalue weighted by molar-refractivity contribution is 5.78. The fraction of sp³-hybridized carbons (Fsp3) is 0.963. The van der Waals surface area contributed by atoms with Crippen LogP contribution in [0.4, 0.5) is 0 Å². The van der Waals surface area contributed by atoms with Gasteiger partial charge in [-0.2, -0.15) is 0 Å². The topological polar surface area (TPSA) is 17.1 Å². The molecule has 0 atom stereocenters. The summed E-state index contributed by atoms with van der Waals surface area (Å²) >= 11 is 0. The number of carbonyl (C=O) groups is 1. The SMILES string of the molecule is CCCCCCCCCCCCCCC(=O)CCCCCCCCCCCC. The molecule has 0 N–H and O–H groups in total. The Bertz CT molecular complexity index is 297. The molecule has 0 unspecified atom stereocenters. The molecule has 1 nitrogen and oxygen atoms in total. The number of hydrogen-bond donors (Lipinski definition) is 0. The first-order valence-corrected chi connectivity index (χ1v) is 13.3. The Morgan fingerprint density at radius 2 is 0.571 bits per heavy atom. The molecule has 0 radical (unpaired) electrons. The Balaban J connectivity index is 3.13. The van der Waals surface area contributed by atoms with Gasteiger partial charge in [0.2, 0.25) is 0 Å². The lowest BCUT2D eigenvalue weighted by Crippen LogP contribution is -1.97. The molecule has 0 bridgehead atoms. The van der Waals surface area contributed by atoms with Gasteiger partial charge < -0.3 is 0 Å². The molecule has 0 aliphatic heterocycles. The maximum absolute atomic E-state index is 12.0. The van der Waals surface area contributed by atoms with E-state index in [0.29, 0.717) is 5.78 Å². The van der Waals surface area contributed by atoms with Gasteiger partial charge in [-0.1, -0.05) is 142 Å². The molecular weight excluding hydrogens is 340 g/mol. The fourth-order valence-corrected chi connectivity index (χ4v) is 4.10. The van der Waals surface area contributed by atoms with Crippen molar-refractivity contribution >= 4 is 5.78 Å². The molecule has 0 saturated carbocycles. The first kappa shape index (κ1) is 27.7. The predicted molar refractivity (Wildman–Crippen MR) is 127 cm³/mol. The maximum Gasteiger partial charge on any atom is 0.132 e. The van der Waals surface area contributed by atoms with Crippen molar-refractivity contribution in [2.24, 2.45) is 0 Å². The third-order valence-electron chi connectivity index (χ3n) is 6.12. The molecule has 168 valence electrons. The molecule has 28 heavy (non-hydrogen) atoms. The third kappa shape index (κ3) is 23.7. The second-order valence-corrected chi connectivity index (χ2v) is 9.11. The molecule has 0 aromatic carbocycles. The summed E-state index contributed by atoms with van der Waals surface area (Å²) in [7, 11) is 0. The van der Waals surface area contributed by atoms with Crippen molar-refractivity contribution in [3.05, 3.63) is 0 Å². The molecule has 0 aliphatic carbocycles. The second-order valence-electron chi connectivity index (χ2n) is 9.11. The average molecular weight is 395 g/mol. The molecule has 0 aromatic rings. The van der Waals surface area contributed by atoms with E-state index in [1.807, 2.05) is 0 Å². The van der Waals surface area contributed by atoms with Crippen LogP contribution in [0.2, 0.25) is 0 Å². The van der Waals surface area contributed by atoms with Crippen molar-refractivity contribution in [2.45, 2.75) is 168 Å². The predicted octanol–water partition coefficient (Wildman–Crippen LogP) is 9.96. The molecule has 0 amide bonds. The first-order valence-electron chi connectivity index (χ1n) is 13.3. The Hall–Kier alpha value is -0.330. The van der Waals surface area contributed by atoms with Gasteiger partial charge in [0.15, 0.2) is 0 Å². The molecule has 0 fully saturated rings. The standard InChI is InChI=1S/C27H54O/c1-3-5-7-9-11-13-15-16-18-20-22-24-26-27(28)25-23-21-19-17-14-12-10-8-6-4-2/h3-26H2,1-2H3. The van der Waals surface area contributed by atoms with Gasteiger partial charge in [0, 0.05) is 12.8 Å². The number of Topliss-reactive ketones (excluding diaryl/α,β-unsaturated/α-hetero) is 1. The summed E-state index contributed by atoms with van der Waals surface area (Å²) in [4.78, 5) is 12.0. The van der Waals surface area contributed by atoms with Crippen LogP contribution in [-0.2, 0) is 4.79 Å². The largest absolute Gasteiger partial charge is 0.300 e. The van der Waals surface area contributed by atoms with E-state index in [4.69, 9.17) is 0 Å². The van der Waals surface area contributed by atoms with Crippen LogP contribution in [0.1, 0.15) is 168 Å². The number of rotatable bonds is 24. The third-order valence-corrected chi connectivity index (χ3v) is 6.12. The number of unbranched alkanes of at least 4 members (excludes halogenated alkanes) is 20. The van der Waals surface area contributed by atoms with Gasteiger partial charge in [0.1, 0.15) is 5.78 Å². The van der Waals surface area contributed by atoms with Gasteiger partial charge in [-0.25, -0.2) is 0 Å². The van der Waals surface area contributed by atoms with Crippen molar-refractivity contribution in [2.75, 3.05) is 0 Å². The van der Waals surface area contributed by atoms with E-state index in [2.05, 4.69) is 13.8 Å². The lowest BCUT2D eigenvalue weighted by atomic mass is 10.0. The van der Waals surface area contributed by atoms with Crippen LogP contribution in [0, 0.1) is 0 Å². The van der Waals surface area contributed by atoms with Crippen LogP contribution in [0.25, 0.3) is 0 Å². The van der Waals surface area contributed by atoms with Crippen LogP contribution in [0.15, 0.2) is 0 Å². The van der Waals surface area contributed by atoms with Crippen molar-refractivity contribution in [1.82, 2.24) is 0 Å². The van der Waals surface area contributed by atoms with Crippen LogP contribution in [0.5, 0.6) is 0 Å². The van der Waals surface area contributed by atoms with E-state index in [9.17, 15) is 4.79 Å². The van der Waals surface area contributed by atoms with Gasteiger partial charge in [-0.05, 0) is 12.8 Å². The Morgan fingerprint density at radius 3 is 0.821 bits per heavy atom. The summed E-state index contributed by atoms with van der Waals surface area (Å²) in [5, 5.41) is 0.